The number of nitrogens with one attached hydrogen (secondary N) is 2. The largest absolute Gasteiger partial charge is 0.507 e. The number of aromatic hydroxyl groups is 4. The number of hydrazine groups is 1. The fourth-order valence-corrected chi connectivity index (χ4v) is 4.30. The number of carbonyl (C=O) groups is 3. The third kappa shape index (κ3) is 8.69. The highest BCUT2D eigenvalue weighted by atomic mass is 16.3. The van der Waals surface area contributed by atoms with E-state index in [1.54, 1.807) is 54.6 Å². The molecule has 0 spiro atoms. The number of aldehydes is 1. The van der Waals surface area contributed by atoms with Crippen molar-refractivity contribution >= 4 is 45.9 Å². The number of hydrogen-bond donors (Lipinski definition) is 7. The number of benzene rings is 6. The van der Waals surface area contributed by atoms with Gasteiger partial charge in [-0.25, -0.2) is 11.3 Å². The van der Waals surface area contributed by atoms with Gasteiger partial charge in [-0.2, -0.15) is 5.10 Å². The summed E-state index contributed by atoms with van der Waals surface area (Å²) >= 11 is 0. The van der Waals surface area contributed by atoms with Crippen LogP contribution in [0.2, 0.25) is 0 Å². The van der Waals surface area contributed by atoms with Gasteiger partial charge in [0.15, 0.2) is 6.29 Å². The average Bonchev–Trinajstić information content (AvgIpc) is 3.09. The van der Waals surface area contributed by atoms with Crippen molar-refractivity contribution in [3.05, 3.63) is 144 Å². The lowest BCUT2D eigenvalue weighted by Gasteiger charge is -2.05. The van der Waals surface area contributed by atoms with Crippen LogP contribution in [0.25, 0.3) is 21.5 Å². The molecular formula is C36H30N4O7. The summed E-state index contributed by atoms with van der Waals surface area (Å²) in [5.41, 5.74) is 5.45. The van der Waals surface area contributed by atoms with Crippen molar-refractivity contribution in [1.82, 2.24) is 10.9 Å². The molecule has 0 atom stereocenters. The molecule has 0 aliphatic heterocycles. The predicted molar refractivity (Wildman–Crippen MR) is 180 cm³/mol. The summed E-state index contributed by atoms with van der Waals surface area (Å²) < 4.78 is 0. The molecule has 6 rings (SSSR count). The van der Waals surface area contributed by atoms with Crippen molar-refractivity contribution in [3.63, 3.8) is 0 Å². The SMILES string of the molecule is NNC(=O)c1cc2ccccc2cc1O.O=C(N/N=C/c1ccccc1O)c1cc2ccccc2cc1O.O=Cc1ccccc1O. The fourth-order valence-electron chi connectivity index (χ4n) is 4.30. The molecule has 0 saturated heterocycles. The van der Waals surface area contributed by atoms with E-state index in [1.807, 2.05) is 54.0 Å². The van der Waals surface area contributed by atoms with Crippen LogP contribution >= 0.6 is 0 Å². The normalized spacial score (nSPS) is 10.3. The summed E-state index contributed by atoms with van der Waals surface area (Å²) in [6, 6.07) is 34.2. The van der Waals surface area contributed by atoms with Crippen LogP contribution in [-0.4, -0.2) is 44.7 Å². The summed E-state index contributed by atoms with van der Waals surface area (Å²) in [5, 5.41) is 45.3. The predicted octanol–water partition coefficient (Wildman–Crippen LogP) is 5.37. The highest BCUT2D eigenvalue weighted by Gasteiger charge is 2.12. The number of carbonyl (C=O) groups excluding carboxylic acids is 3. The van der Waals surface area contributed by atoms with Crippen molar-refractivity contribution < 1.29 is 34.8 Å². The minimum absolute atomic E-state index is 0.0347. The Morgan fingerprint density at radius 1 is 0.553 bits per heavy atom. The first-order valence-electron chi connectivity index (χ1n) is 14.0. The van der Waals surface area contributed by atoms with E-state index in [0.717, 1.165) is 21.5 Å². The van der Waals surface area contributed by atoms with Gasteiger partial charge in [-0.1, -0.05) is 72.8 Å². The Bertz CT molecular complexity index is 2080. The monoisotopic (exact) mass is 630 g/mol. The molecule has 0 aliphatic rings. The number of nitrogens with zero attached hydrogens (tertiary/aromatic N) is 1. The Labute approximate surface area is 268 Å². The standard InChI is InChI=1S/C18H14N2O3.C11H10N2O2.C7H6O2/c21-16-8-4-3-7-14(16)11-19-20-18(23)15-9-12-5-1-2-6-13(12)10-17(15)22;12-13-11(15)9-5-7-3-1-2-4-8(7)6-10(9)14;8-5-6-3-1-2-4-7(6)9/h1-11,21-22H,(H,20,23);1-6,14H,12H2,(H,13,15);1-5,9H/b19-11+;;. The summed E-state index contributed by atoms with van der Waals surface area (Å²) in [7, 11) is 0. The second kappa shape index (κ2) is 15.8. The molecule has 0 aliphatic carbocycles. The molecule has 2 amide bonds. The number of hydrogen-bond acceptors (Lipinski definition) is 9. The second-order valence-corrected chi connectivity index (χ2v) is 9.84. The number of amides is 2. The average molecular weight is 631 g/mol. The molecule has 0 saturated carbocycles. The molecule has 11 nitrogen and oxygen atoms in total. The van der Waals surface area contributed by atoms with Gasteiger partial charge in [0.1, 0.15) is 23.0 Å². The summed E-state index contributed by atoms with van der Waals surface area (Å²) in [6.45, 7) is 0. The third-order valence-electron chi connectivity index (χ3n) is 6.72. The quantitative estimate of drug-likeness (QED) is 0.0434. The zero-order valence-corrected chi connectivity index (χ0v) is 24.7. The number of nitrogens with two attached hydrogens (primary N) is 1. The van der Waals surface area contributed by atoms with Crippen molar-refractivity contribution in [3.8, 4) is 23.0 Å². The molecule has 6 aromatic rings. The zero-order chi connectivity index (χ0) is 33.8. The van der Waals surface area contributed by atoms with Crippen LogP contribution in [-0.2, 0) is 0 Å². The number of hydrazone groups is 1. The number of para-hydroxylation sites is 2. The molecule has 0 aromatic heterocycles. The van der Waals surface area contributed by atoms with Gasteiger partial charge in [0, 0.05) is 5.56 Å². The molecule has 0 unspecified atom stereocenters. The van der Waals surface area contributed by atoms with E-state index in [0.29, 0.717) is 17.4 Å². The van der Waals surface area contributed by atoms with E-state index in [9.17, 15) is 29.7 Å². The van der Waals surface area contributed by atoms with Crippen LogP contribution in [0, 0.1) is 0 Å². The van der Waals surface area contributed by atoms with Crippen LogP contribution in [0.3, 0.4) is 0 Å². The first kappa shape index (κ1) is 33.2. The molecular weight excluding hydrogens is 600 g/mol. The number of rotatable bonds is 5. The molecule has 0 bridgehead atoms. The molecule has 0 fully saturated rings. The number of nitrogen functional groups attached to an aromatic ring is 1. The Balaban J connectivity index is 0.000000178. The van der Waals surface area contributed by atoms with E-state index in [1.165, 1.54) is 24.4 Å². The molecule has 6 aromatic carbocycles. The molecule has 236 valence electrons. The highest BCUT2D eigenvalue weighted by molar-refractivity contribution is 6.02. The van der Waals surface area contributed by atoms with E-state index in [-0.39, 0.29) is 34.1 Å². The minimum atomic E-state index is -0.528. The Morgan fingerprint density at radius 2 is 0.957 bits per heavy atom. The van der Waals surface area contributed by atoms with Crippen LogP contribution < -0.4 is 16.7 Å². The Morgan fingerprint density at radius 3 is 1.38 bits per heavy atom. The molecule has 8 N–H and O–H groups in total. The second-order valence-electron chi connectivity index (χ2n) is 9.84. The fraction of sp³-hybridized carbons (Fsp3) is 0. The lowest BCUT2D eigenvalue weighted by atomic mass is 10.1. The van der Waals surface area contributed by atoms with Gasteiger partial charge in [0.25, 0.3) is 11.8 Å². The lowest BCUT2D eigenvalue weighted by Crippen LogP contribution is -2.29. The lowest BCUT2D eigenvalue weighted by molar-refractivity contribution is 0.0943. The maximum atomic E-state index is 12.1. The van der Waals surface area contributed by atoms with E-state index < -0.39 is 11.8 Å². The molecule has 0 radical (unpaired) electrons. The highest BCUT2D eigenvalue weighted by Crippen LogP contribution is 2.26. The zero-order valence-electron chi connectivity index (χ0n) is 24.7. The van der Waals surface area contributed by atoms with Crippen LogP contribution in [0.15, 0.2) is 126 Å². The number of fused-ring (bicyclic) bond motifs is 2. The molecule has 47 heavy (non-hydrogen) atoms. The molecule has 0 heterocycles. The van der Waals surface area contributed by atoms with Crippen molar-refractivity contribution in [1.29, 1.82) is 0 Å². The Kier molecular flexibility index (Phi) is 11.2. The number of phenols is 4. The van der Waals surface area contributed by atoms with Gasteiger partial charge >= 0.3 is 0 Å². The first-order valence-corrected chi connectivity index (χ1v) is 14.0. The van der Waals surface area contributed by atoms with Crippen LogP contribution in [0.1, 0.15) is 36.6 Å². The van der Waals surface area contributed by atoms with Crippen LogP contribution in [0.4, 0.5) is 0 Å². The van der Waals surface area contributed by atoms with E-state index in [4.69, 9.17) is 10.9 Å². The number of phenolic OH excluding ortho intramolecular Hbond substituents is 4. The third-order valence-corrected chi connectivity index (χ3v) is 6.72. The van der Waals surface area contributed by atoms with Crippen molar-refractivity contribution in [2.45, 2.75) is 0 Å². The summed E-state index contributed by atoms with van der Waals surface area (Å²) in [4.78, 5) is 33.5. The minimum Gasteiger partial charge on any atom is -0.507 e. The van der Waals surface area contributed by atoms with Gasteiger partial charge in [0.2, 0.25) is 0 Å². The molecule has 11 heteroatoms. The van der Waals surface area contributed by atoms with E-state index in [2.05, 4.69) is 10.5 Å². The first-order chi connectivity index (χ1) is 22.7. The van der Waals surface area contributed by atoms with Gasteiger partial charge in [-0.15, -0.1) is 0 Å². The van der Waals surface area contributed by atoms with Crippen molar-refractivity contribution in [2.75, 3.05) is 0 Å². The van der Waals surface area contributed by atoms with Gasteiger partial charge in [-0.05, 0) is 70.1 Å². The Hall–Kier alpha value is -6.72. The smallest absolute Gasteiger partial charge is 0.275 e. The van der Waals surface area contributed by atoms with E-state index >= 15 is 0 Å². The van der Waals surface area contributed by atoms with Gasteiger partial charge in [0.05, 0.1) is 22.9 Å². The maximum absolute atomic E-state index is 12.1. The summed E-state index contributed by atoms with van der Waals surface area (Å²) in [5.74, 6) is 3.90. The van der Waals surface area contributed by atoms with Crippen molar-refractivity contribution in [2.24, 2.45) is 10.9 Å². The van der Waals surface area contributed by atoms with Gasteiger partial charge < -0.3 is 20.4 Å². The maximum Gasteiger partial charge on any atom is 0.275 e. The topological polar surface area (TPSA) is 195 Å². The van der Waals surface area contributed by atoms with Gasteiger partial charge in [-0.3, -0.25) is 19.8 Å². The van der Waals surface area contributed by atoms with Crippen LogP contribution in [0.5, 0.6) is 23.0 Å². The summed E-state index contributed by atoms with van der Waals surface area (Å²) in [6.07, 6.45) is 1.96.